The van der Waals surface area contributed by atoms with Gasteiger partial charge in [-0.2, -0.15) is 0 Å². The van der Waals surface area contributed by atoms with Gasteiger partial charge in [0.05, 0.1) is 26.6 Å². The number of likely N-dealkylation sites (N-methyl/N-ethyl adjacent to an activating group) is 1. The predicted octanol–water partition coefficient (Wildman–Crippen LogP) is 3.13. The van der Waals surface area contributed by atoms with Crippen LogP contribution in [0.1, 0.15) is 24.3 Å². The molecule has 1 aromatic heterocycles. The van der Waals surface area contributed by atoms with Crippen LogP contribution in [0, 0.1) is 0 Å². The Labute approximate surface area is 164 Å². The third-order valence-electron chi connectivity index (χ3n) is 4.23. The van der Waals surface area contributed by atoms with Crippen molar-refractivity contribution >= 4 is 11.6 Å². The normalized spacial score (nSPS) is 10.8. The number of amides is 1. The minimum absolute atomic E-state index is 0.112. The molecule has 0 aliphatic carbocycles. The van der Waals surface area contributed by atoms with Crippen LogP contribution in [-0.4, -0.2) is 41.2 Å². The highest BCUT2D eigenvalue weighted by Crippen LogP contribution is 2.16. The molecule has 1 N–H and O–H groups in total. The molecule has 0 atom stereocenters. The Morgan fingerprint density at radius 1 is 1.11 bits per heavy atom. The van der Waals surface area contributed by atoms with Crippen LogP contribution in [0.4, 0.5) is 5.69 Å². The molecule has 0 aliphatic heterocycles. The summed E-state index contributed by atoms with van der Waals surface area (Å²) in [6.45, 7) is 3.32. The molecule has 7 nitrogen and oxygen atoms in total. The zero-order valence-corrected chi connectivity index (χ0v) is 16.1. The van der Waals surface area contributed by atoms with Crippen LogP contribution < -0.4 is 10.1 Å². The average molecular weight is 380 g/mol. The number of benzene rings is 2. The quantitative estimate of drug-likeness (QED) is 0.614. The van der Waals surface area contributed by atoms with Crippen molar-refractivity contribution in [1.29, 1.82) is 0 Å². The smallest absolute Gasteiger partial charge is 0.238 e. The first-order valence-electron chi connectivity index (χ1n) is 9.17. The average Bonchev–Trinajstić information content (AvgIpc) is 3.15. The first-order valence-corrected chi connectivity index (χ1v) is 9.17. The summed E-state index contributed by atoms with van der Waals surface area (Å²) in [5.41, 5.74) is 1.81. The Morgan fingerprint density at radius 2 is 1.89 bits per heavy atom. The van der Waals surface area contributed by atoms with E-state index in [2.05, 4.69) is 15.5 Å². The molecule has 146 valence electrons. The maximum absolute atomic E-state index is 12.4. The van der Waals surface area contributed by atoms with Crippen LogP contribution in [0.3, 0.4) is 0 Å². The topological polar surface area (TPSA) is 80.5 Å². The summed E-state index contributed by atoms with van der Waals surface area (Å²) in [5, 5.41) is 11.1. The maximum Gasteiger partial charge on any atom is 0.238 e. The highest BCUT2D eigenvalue weighted by atomic mass is 16.5. The van der Waals surface area contributed by atoms with Crippen LogP contribution in [0.5, 0.6) is 5.75 Å². The van der Waals surface area contributed by atoms with Crippen molar-refractivity contribution in [3.63, 3.8) is 0 Å². The van der Waals surface area contributed by atoms with E-state index in [1.807, 2.05) is 60.4 Å². The van der Waals surface area contributed by atoms with Gasteiger partial charge >= 0.3 is 0 Å². The summed E-state index contributed by atoms with van der Waals surface area (Å²) >= 11 is 0. The Morgan fingerprint density at radius 3 is 2.64 bits per heavy atom. The Kier molecular flexibility index (Phi) is 6.75. The van der Waals surface area contributed by atoms with Crippen LogP contribution in [-0.2, 0) is 17.8 Å². The van der Waals surface area contributed by atoms with E-state index in [0.717, 1.165) is 5.56 Å². The van der Waals surface area contributed by atoms with Gasteiger partial charge in [-0.05, 0) is 24.2 Å². The van der Waals surface area contributed by atoms with E-state index in [1.54, 1.807) is 13.2 Å². The van der Waals surface area contributed by atoms with Crippen molar-refractivity contribution in [2.75, 3.05) is 25.5 Å². The lowest BCUT2D eigenvalue weighted by Gasteiger charge is -2.17. The molecule has 2 aromatic carbocycles. The predicted molar refractivity (Wildman–Crippen MR) is 106 cm³/mol. The van der Waals surface area contributed by atoms with Gasteiger partial charge in [0.1, 0.15) is 5.75 Å². The van der Waals surface area contributed by atoms with Crippen molar-refractivity contribution in [3.8, 4) is 5.75 Å². The molecule has 0 spiro atoms. The number of hydrogen-bond acceptors (Lipinski definition) is 6. The van der Waals surface area contributed by atoms with Gasteiger partial charge in [-0.25, -0.2) is 0 Å². The molecular formula is C21H24N4O3. The highest BCUT2D eigenvalue weighted by molar-refractivity contribution is 5.92. The van der Waals surface area contributed by atoms with Gasteiger partial charge in [0.25, 0.3) is 0 Å². The summed E-state index contributed by atoms with van der Waals surface area (Å²) in [5.74, 6) is 1.65. The molecule has 28 heavy (non-hydrogen) atoms. The number of nitrogens with zero attached hydrogens (tertiary/aromatic N) is 3. The number of rotatable bonds is 9. The van der Waals surface area contributed by atoms with Gasteiger partial charge in [0, 0.05) is 11.8 Å². The molecule has 3 rings (SSSR count). The number of ether oxygens (including phenoxy) is 1. The van der Waals surface area contributed by atoms with Gasteiger partial charge in [-0.3, -0.25) is 9.69 Å². The molecule has 0 saturated heterocycles. The minimum atomic E-state index is -0.112. The second-order valence-electron chi connectivity index (χ2n) is 6.34. The van der Waals surface area contributed by atoms with Crippen molar-refractivity contribution in [1.82, 2.24) is 15.1 Å². The van der Waals surface area contributed by atoms with Crippen LogP contribution in [0.25, 0.3) is 0 Å². The largest absolute Gasteiger partial charge is 0.497 e. The molecule has 0 fully saturated rings. The Bertz CT molecular complexity index is 895. The molecule has 1 amide bonds. The van der Waals surface area contributed by atoms with Gasteiger partial charge in [0.15, 0.2) is 0 Å². The fourth-order valence-corrected chi connectivity index (χ4v) is 2.77. The van der Waals surface area contributed by atoms with E-state index in [-0.39, 0.29) is 12.5 Å². The molecule has 0 radical (unpaired) electrons. The number of carbonyl (C=O) groups excluding carboxylic acids is 1. The lowest BCUT2D eigenvalue weighted by atomic mass is 10.2. The fraction of sp³-hybridized carbons (Fsp3) is 0.286. The SMILES string of the molecule is CCN(CC(=O)Nc1cccc(OC)c1)Cc1nnc(Cc2ccccc2)o1. The Hall–Kier alpha value is -3.19. The molecule has 0 bridgehead atoms. The van der Waals surface area contributed by atoms with Crippen LogP contribution in [0.15, 0.2) is 59.0 Å². The fourth-order valence-electron chi connectivity index (χ4n) is 2.77. The maximum atomic E-state index is 12.4. The van der Waals surface area contributed by atoms with Gasteiger partial charge in [-0.15, -0.1) is 10.2 Å². The molecule has 0 aliphatic rings. The van der Waals surface area contributed by atoms with Gasteiger partial charge < -0.3 is 14.5 Å². The summed E-state index contributed by atoms with van der Waals surface area (Å²) in [7, 11) is 1.59. The lowest BCUT2D eigenvalue weighted by molar-refractivity contribution is -0.117. The second kappa shape index (κ2) is 9.66. The van der Waals surface area contributed by atoms with Gasteiger partial charge in [0.2, 0.25) is 17.7 Å². The monoisotopic (exact) mass is 380 g/mol. The van der Waals surface area contributed by atoms with Crippen molar-refractivity contribution in [2.24, 2.45) is 0 Å². The van der Waals surface area contributed by atoms with E-state index < -0.39 is 0 Å². The standard InChI is InChI=1S/C21H24N4O3/c1-3-25(14-19(26)22-17-10-7-11-18(13-17)27-2)15-21-24-23-20(28-21)12-16-8-5-4-6-9-16/h4-11,13H,3,12,14-15H2,1-2H3,(H,22,26). The van der Waals surface area contributed by atoms with Crippen LogP contribution in [0.2, 0.25) is 0 Å². The zero-order valence-electron chi connectivity index (χ0n) is 16.1. The van der Waals surface area contributed by atoms with E-state index in [1.165, 1.54) is 0 Å². The first-order chi connectivity index (χ1) is 13.7. The number of aromatic nitrogens is 2. The minimum Gasteiger partial charge on any atom is -0.497 e. The number of carbonyl (C=O) groups is 1. The highest BCUT2D eigenvalue weighted by Gasteiger charge is 2.14. The second-order valence-corrected chi connectivity index (χ2v) is 6.34. The summed E-state index contributed by atoms with van der Waals surface area (Å²) in [6, 6.07) is 17.2. The van der Waals surface area contributed by atoms with Crippen molar-refractivity contribution in [3.05, 3.63) is 71.9 Å². The lowest BCUT2D eigenvalue weighted by Crippen LogP contribution is -2.32. The van der Waals surface area contributed by atoms with Crippen molar-refractivity contribution in [2.45, 2.75) is 19.9 Å². The summed E-state index contributed by atoms with van der Waals surface area (Å²) in [4.78, 5) is 14.3. The van der Waals surface area contributed by atoms with E-state index in [4.69, 9.17) is 9.15 Å². The number of anilines is 1. The zero-order chi connectivity index (χ0) is 19.8. The Balaban J connectivity index is 1.54. The number of methoxy groups -OCH3 is 1. The van der Waals surface area contributed by atoms with Crippen LogP contribution >= 0.6 is 0 Å². The number of hydrogen-bond donors (Lipinski definition) is 1. The van der Waals surface area contributed by atoms with E-state index >= 15 is 0 Å². The molecular weight excluding hydrogens is 356 g/mol. The van der Waals surface area contributed by atoms with Gasteiger partial charge in [-0.1, -0.05) is 43.3 Å². The number of nitrogens with one attached hydrogen (secondary N) is 1. The third-order valence-corrected chi connectivity index (χ3v) is 4.23. The summed E-state index contributed by atoms with van der Waals surface area (Å²) in [6.07, 6.45) is 0.594. The third kappa shape index (κ3) is 5.65. The van der Waals surface area contributed by atoms with E-state index in [9.17, 15) is 4.79 Å². The molecule has 1 heterocycles. The molecule has 0 saturated carbocycles. The van der Waals surface area contributed by atoms with E-state index in [0.29, 0.717) is 42.7 Å². The molecule has 0 unspecified atom stereocenters. The van der Waals surface area contributed by atoms with Crippen molar-refractivity contribution < 1.29 is 13.9 Å². The first kappa shape index (κ1) is 19.6. The molecule has 7 heteroatoms. The summed E-state index contributed by atoms with van der Waals surface area (Å²) < 4.78 is 10.9. The molecule has 3 aromatic rings.